The number of hydrogen-bond acceptors (Lipinski definition) is 6. The first kappa shape index (κ1) is 18.1. The van der Waals surface area contributed by atoms with Crippen LogP contribution >= 0.6 is 0 Å². The van der Waals surface area contributed by atoms with Gasteiger partial charge in [-0.1, -0.05) is 18.2 Å². The number of amides is 1. The number of aromatic nitrogens is 3. The molecule has 2 aromatic heterocycles. The number of hydrogen-bond donors (Lipinski definition) is 2. The summed E-state index contributed by atoms with van der Waals surface area (Å²) >= 11 is 0. The third kappa shape index (κ3) is 4.92. The molecular formula is C22H17N5O2. The van der Waals surface area contributed by atoms with Crippen LogP contribution in [0.4, 0.5) is 17.3 Å². The summed E-state index contributed by atoms with van der Waals surface area (Å²) in [5.74, 6) is 2.14. The van der Waals surface area contributed by atoms with Crippen LogP contribution in [0.5, 0.6) is 11.5 Å². The zero-order valence-corrected chi connectivity index (χ0v) is 15.3. The standard InChI is InChI=1S/C22H17N5O2/c28-22(16-5-4-14-23-15-16)25-21-13-12-20(26-27-21)24-17-8-10-19(11-9-17)29-18-6-2-1-3-7-18/h1-15H,(H,24,26)(H,25,27,28). The molecule has 2 N–H and O–H groups in total. The van der Waals surface area contributed by atoms with Gasteiger partial charge in [-0.15, -0.1) is 10.2 Å². The Morgan fingerprint density at radius 1 is 0.759 bits per heavy atom. The Morgan fingerprint density at radius 2 is 1.48 bits per heavy atom. The van der Waals surface area contributed by atoms with E-state index in [1.54, 1.807) is 30.5 Å². The number of nitrogens with one attached hydrogen (secondary N) is 2. The van der Waals surface area contributed by atoms with Crippen molar-refractivity contribution in [1.82, 2.24) is 15.2 Å². The molecule has 29 heavy (non-hydrogen) atoms. The van der Waals surface area contributed by atoms with Crippen molar-refractivity contribution >= 4 is 23.2 Å². The van der Waals surface area contributed by atoms with Gasteiger partial charge in [0.1, 0.15) is 11.5 Å². The molecular weight excluding hydrogens is 366 g/mol. The first-order valence-electron chi connectivity index (χ1n) is 8.91. The second-order valence-corrected chi connectivity index (χ2v) is 6.06. The maximum absolute atomic E-state index is 12.1. The predicted octanol–water partition coefficient (Wildman–Crippen LogP) is 4.66. The number of nitrogens with zero attached hydrogens (tertiary/aromatic N) is 3. The van der Waals surface area contributed by atoms with Crippen molar-refractivity contribution < 1.29 is 9.53 Å². The molecule has 0 aliphatic rings. The van der Waals surface area contributed by atoms with Crippen molar-refractivity contribution in [2.24, 2.45) is 0 Å². The number of para-hydroxylation sites is 1. The number of carbonyl (C=O) groups excluding carboxylic acids is 1. The molecule has 0 spiro atoms. The van der Waals surface area contributed by atoms with Gasteiger partial charge in [-0.3, -0.25) is 9.78 Å². The van der Waals surface area contributed by atoms with Crippen molar-refractivity contribution in [3.63, 3.8) is 0 Å². The lowest BCUT2D eigenvalue weighted by Crippen LogP contribution is -2.13. The Balaban J connectivity index is 1.35. The number of ether oxygens (including phenoxy) is 1. The Kier molecular flexibility index (Phi) is 5.39. The van der Waals surface area contributed by atoms with Crippen LogP contribution in [0.2, 0.25) is 0 Å². The number of carbonyl (C=O) groups is 1. The second kappa shape index (κ2) is 8.62. The van der Waals surface area contributed by atoms with E-state index < -0.39 is 0 Å². The van der Waals surface area contributed by atoms with E-state index in [0.717, 1.165) is 17.2 Å². The highest BCUT2D eigenvalue weighted by atomic mass is 16.5. The highest BCUT2D eigenvalue weighted by Crippen LogP contribution is 2.24. The van der Waals surface area contributed by atoms with E-state index in [2.05, 4.69) is 25.8 Å². The Labute approximate surface area is 167 Å². The molecule has 0 saturated heterocycles. The molecule has 0 aliphatic carbocycles. The number of anilines is 3. The summed E-state index contributed by atoms with van der Waals surface area (Å²) in [6.45, 7) is 0. The fraction of sp³-hybridized carbons (Fsp3) is 0. The minimum Gasteiger partial charge on any atom is -0.457 e. The Morgan fingerprint density at radius 3 is 2.17 bits per heavy atom. The second-order valence-electron chi connectivity index (χ2n) is 6.06. The topological polar surface area (TPSA) is 89.0 Å². The zero-order chi connectivity index (χ0) is 19.9. The van der Waals surface area contributed by atoms with Gasteiger partial charge in [-0.25, -0.2) is 0 Å². The molecule has 142 valence electrons. The molecule has 4 rings (SSSR count). The van der Waals surface area contributed by atoms with Crippen LogP contribution in [0.25, 0.3) is 0 Å². The van der Waals surface area contributed by atoms with Gasteiger partial charge in [0.05, 0.1) is 5.56 Å². The van der Waals surface area contributed by atoms with Crippen molar-refractivity contribution in [1.29, 1.82) is 0 Å². The molecule has 4 aromatic rings. The Hall–Kier alpha value is -4.26. The summed E-state index contributed by atoms with van der Waals surface area (Å²) in [5.41, 5.74) is 1.29. The lowest BCUT2D eigenvalue weighted by molar-refractivity contribution is 0.102. The summed E-state index contributed by atoms with van der Waals surface area (Å²) in [5, 5.41) is 14.0. The van der Waals surface area contributed by atoms with Gasteiger partial charge in [0.15, 0.2) is 11.6 Å². The first-order valence-corrected chi connectivity index (χ1v) is 8.91. The van der Waals surface area contributed by atoms with E-state index in [4.69, 9.17) is 4.74 Å². The Bertz CT molecular complexity index is 1070. The molecule has 7 heteroatoms. The minimum atomic E-state index is -0.290. The maximum atomic E-state index is 12.1. The van der Waals surface area contributed by atoms with E-state index >= 15 is 0 Å². The van der Waals surface area contributed by atoms with Gasteiger partial charge in [-0.05, 0) is 60.7 Å². The predicted molar refractivity (Wildman–Crippen MR) is 110 cm³/mol. The zero-order valence-electron chi connectivity index (χ0n) is 15.3. The third-order valence-electron chi connectivity index (χ3n) is 3.94. The number of pyridine rings is 1. The molecule has 0 saturated carbocycles. The SMILES string of the molecule is O=C(Nc1ccc(Nc2ccc(Oc3ccccc3)cc2)nn1)c1cccnc1. The summed E-state index contributed by atoms with van der Waals surface area (Å²) in [6, 6.07) is 23.9. The van der Waals surface area contributed by atoms with E-state index in [-0.39, 0.29) is 5.91 Å². The van der Waals surface area contributed by atoms with Gasteiger partial charge in [0.25, 0.3) is 5.91 Å². The van der Waals surface area contributed by atoms with Crippen LogP contribution in [0.1, 0.15) is 10.4 Å². The molecule has 0 aliphatic heterocycles. The molecule has 2 aromatic carbocycles. The van der Waals surface area contributed by atoms with Crippen LogP contribution in [0.15, 0.2) is 91.3 Å². The summed E-state index contributed by atoms with van der Waals surface area (Å²) in [6.07, 6.45) is 3.10. The largest absolute Gasteiger partial charge is 0.457 e. The fourth-order valence-corrected chi connectivity index (χ4v) is 2.53. The minimum absolute atomic E-state index is 0.290. The lowest BCUT2D eigenvalue weighted by atomic mass is 10.2. The number of benzene rings is 2. The van der Waals surface area contributed by atoms with Gasteiger partial charge < -0.3 is 15.4 Å². The molecule has 0 fully saturated rings. The van der Waals surface area contributed by atoms with Crippen LogP contribution in [-0.4, -0.2) is 21.1 Å². The molecule has 0 bridgehead atoms. The molecule has 7 nitrogen and oxygen atoms in total. The van der Waals surface area contributed by atoms with E-state index in [1.165, 1.54) is 6.20 Å². The van der Waals surface area contributed by atoms with Gasteiger partial charge in [0, 0.05) is 18.1 Å². The fourth-order valence-electron chi connectivity index (χ4n) is 2.53. The van der Waals surface area contributed by atoms with Crippen LogP contribution in [0, 0.1) is 0 Å². The van der Waals surface area contributed by atoms with E-state index in [9.17, 15) is 4.79 Å². The normalized spacial score (nSPS) is 10.2. The maximum Gasteiger partial charge on any atom is 0.258 e. The number of rotatable bonds is 6. The van der Waals surface area contributed by atoms with Crippen molar-refractivity contribution in [3.8, 4) is 11.5 Å². The van der Waals surface area contributed by atoms with Gasteiger partial charge >= 0.3 is 0 Å². The van der Waals surface area contributed by atoms with E-state index in [1.807, 2.05) is 54.6 Å². The average molecular weight is 383 g/mol. The average Bonchev–Trinajstić information content (AvgIpc) is 2.78. The smallest absolute Gasteiger partial charge is 0.258 e. The third-order valence-corrected chi connectivity index (χ3v) is 3.94. The molecule has 0 unspecified atom stereocenters. The summed E-state index contributed by atoms with van der Waals surface area (Å²) in [7, 11) is 0. The van der Waals surface area contributed by atoms with Crippen molar-refractivity contribution in [2.75, 3.05) is 10.6 Å². The van der Waals surface area contributed by atoms with Crippen LogP contribution in [0.3, 0.4) is 0 Å². The first-order chi connectivity index (χ1) is 14.3. The summed E-state index contributed by atoms with van der Waals surface area (Å²) in [4.78, 5) is 16.0. The van der Waals surface area contributed by atoms with Gasteiger partial charge in [-0.2, -0.15) is 0 Å². The monoisotopic (exact) mass is 383 g/mol. The molecule has 0 radical (unpaired) electrons. The van der Waals surface area contributed by atoms with Gasteiger partial charge in [0.2, 0.25) is 0 Å². The molecule has 2 heterocycles. The highest BCUT2D eigenvalue weighted by Gasteiger charge is 2.07. The van der Waals surface area contributed by atoms with E-state index in [0.29, 0.717) is 17.2 Å². The summed E-state index contributed by atoms with van der Waals surface area (Å²) < 4.78 is 5.77. The quantitative estimate of drug-likeness (QED) is 0.503. The van der Waals surface area contributed by atoms with Crippen molar-refractivity contribution in [2.45, 2.75) is 0 Å². The molecule has 1 amide bonds. The lowest BCUT2D eigenvalue weighted by Gasteiger charge is -2.08. The molecule has 0 atom stereocenters. The van der Waals surface area contributed by atoms with Crippen molar-refractivity contribution in [3.05, 3.63) is 96.8 Å². The van der Waals surface area contributed by atoms with Crippen LogP contribution < -0.4 is 15.4 Å². The highest BCUT2D eigenvalue weighted by molar-refractivity contribution is 6.03. The van der Waals surface area contributed by atoms with Crippen LogP contribution in [-0.2, 0) is 0 Å².